The first-order chi connectivity index (χ1) is 15.8. The maximum absolute atomic E-state index is 13.3. The molecule has 0 bridgehead atoms. The number of benzene rings is 2. The molecule has 1 saturated carbocycles. The number of aryl methyl sites for hydroxylation is 2. The Balaban J connectivity index is 1.45. The van der Waals surface area contributed by atoms with E-state index in [-0.39, 0.29) is 5.91 Å². The van der Waals surface area contributed by atoms with E-state index in [4.69, 9.17) is 23.2 Å². The van der Waals surface area contributed by atoms with Gasteiger partial charge in [-0.05, 0) is 79.5 Å². The smallest absolute Gasteiger partial charge is 0.255 e. The topological polar surface area (TPSA) is 49.0 Å². The number of carbonyl (C=O) groups excluding carboxylic acids is 1. The summed E-state index contributed by atoms with van der Waals surface area (Å²) >= 11 is 13.4. The Morgan fingerprint density at radius 3 is 2.48 bits per heavy atom. The molecular formula is C27H27Cl2N3O. The van der Waals surface area contributed by atoms with Gasteiger partial charge in [0.25, 0.3) is 5.91 Å². The van der Waals surface area contributed by atoms with Crippen molar-refractivity contribution in [1.82, 2.24) is 9.47 Å². The van der Waals surface area contributed by atoms with Crippen LogP contribution in [-0.4, -0.2) is 28.5 Å². The van der Waals surface area contributed by atoms with Gasteiger partial charge in [0, 0.05) is 48.2 Å². The highest BCUT2D eigenvalue weighted by atomic mass is 35.5. The van der Waals surface area contributed by atoms with E-state index in [1.54, 1.807) is 12.1 Å². The molecule has 0 unspecified atom stereocenters. The number of amides is 1. The van der Waals surface area contributed by atoms with Gasteiger partial charge in [-0.1, -0.05) is 29.6 Å². The van der Waals surface area contributed by atoms with Crippen LogP contribution < -0.4 is 0 Å². The fourth-order valence-corrected chi connectivity index (χ4v) is 6.12. The van der Waals surface area contributed by atoms with Gasteiger partial charge in [0.2, 0.25) is 0 Å². The van der Waals surface area contributed by atoms with Gasteiger partial charge in [-0.25, -0.2) is 0 Å². The molecule has 2 aromatic carbocycles. The molecule has 5 rings (SSSR count). The molecule has 170 valence electrons. The first-order valence-electron chi connectivity index (χ1n) is 11.6. The lowest BCUT2D eigenvalue weighted by molar-refractivity contribution is 0.0286. The van der Waals surface area contributed by atoms with E-state index in [1.165, 1.54) is 19.3 Å². The quantitative estimate of drug-likeness (QED) is 0.421. The van der Waals surface area contributed by atoms with Gasteiger partial charge in [0.05, 0.1) is 22.2 Å². The van der Waals surface area contributed by atoms with Crippen LogP contribution in [0.2, 0.25) is 10.0 Å². The van der Waals surface area contributed by atoms with Gasteiger partial charge < -0.3 is 9.47 Å². The molecule has 0 radical (unpaired) electrons. The predicted molar refractivity (Wildman–Crippen MR) is 133 cm³/mol. The molecule has 2 aliphatic rings. The Bertz CT molecular complexity index is 1300. The molecule has 33 heavy (non-hydrogen) atoms. The number of piperidine rings is 1. The second-order valence-corrected chi connectivity index (χ2v) is 10.5. The third kappa shape index (κ3) is 3.82. The molecule has 3 aromatic rings. The molecule has 2 fully saturated rings. The van der Waals surface area contributed by atoms with E-state index in [0.29, 0.717) is 33.0 Å². The van der Waals surface area contributed by atoms with Crippen molar-refractivity contribution in [3.63, 3.8) is 0 Å². The summed E-state index contributed by atoms with van der Waals surface area (Å²) in [5, 5.41) is 11.4. The zero-order valence-electron chi connectivity index (χ0n) is 19.0. The Morgan fingerprint density at radius 1 is 1.12 bits per heavy atom. The lowest BCUT2D eigenvalue weighted by atomic mass is 9.63. The normalized spacial score (nSPS) is 17.2. The van der Waals surface area contributed by atoms with Crippen LogP contribution in [0.4, 0.5) is 0 Å². The first-order valence-corrected chi connectivity index (χ1v) is 12.3. The first kappa shape index (κ1) is 22.3. The lowest BCUT2D eigenvalue weighted by Gasteiger charge is -2.48. The van der Waals surface area contributed by atoms with Crippen LogP contribution in [0, 0.1) is 23.7 Å². The van der Waals surface area contributed by atoms with Crippen molar-refractivity contribution < 1.29 is 4.79 Å². The third-order valence-corrected chi connectivity index (χ3v) is 8.68. The second-order valence-electron chi connectivity index (χ2n) is 9.74. The number of fused-ring (bicyclic) bond motifs is 1. The van der Waals surface area contributed by atoms with E-state index in [0.717, 1.165) is 53.7 Å². The zero-order valence-corrected chi connectivity index (χ0v) is 20.6. The highest BCUT2D eigenvalue weighted by Crippen LogP contribution is 2.49. The largest absolute Gasteiger partial charge is 0.347 e. The van der Waals surface area contributed by atoms with Crippen LogP contribution in [0.15, 0.2) is 30.3 Å². The molecule has 6 heteroatoms. The third-order valence-electron chi connectivity index (χ3n) is 7.90. The number of nitriles is 1. The summed E-state index contributed by atoms with van der Waals surface area (Å²) in [6, 6.07) is 11.7. The minimum Gasteiger partial charge on any atom is -0.347 e. The summed E-state index contributed by atoms with van der Waals surface area (Å²) < 4.78 is 2.08. The van der Waals surface area contributed by atoms with Crippen molar-refractivity contribution in [3.8, 4) is 6.07 Å². The number of hydrogen-bond donors (Lipinski definition) is 0. The van der Waals surface area contributed by atoms with Crippen LogP contribution in [0.5, 0.6) is 0 Å². The average molecular weight is 480 g/mol. The second kappa shape index (κ2) is 8.38. The fourth-order valence-electron chi connectivity index (χ4n) is 5.53. The zero-order chi connectivity index (χ0) is 23.3. The molecule has 1 aromatic heterocycles. The number of rotatable bonds is 3. The number of carbonyl (C=O) groups is 1. The number of likely N-dealkylation sites (tertiary alicyclic amines) is 1. The molecule has 1 aliphatic heterocycles. The Kier molecular flexibility index (Phi) is 5.67. The highest BCUT2D eigenvalue weighted by molar-refractivity contribution is 6.38. The van der Waals surface area contributed by atoms with Crippen molar-refractivity contribution in [2.75, 3.05) is 13.1 Å². The van der Waals surface area contributed by atoms with E-state index in [2.05, 4.69) is 16.7 Å². The van der Waals surface area contributed by atoms with Crippen molar-refractivity contribution in [1.29, 1.82) is 5.26 Å². The number of nitrogens with zero attached hydrogens (tertiary/aromatic N) is 3. The van der Waals surface area contributed by atoms with Crippen LogP contribution in [0.1, 0.15) is 64.8 Å². The summed E-state index contributed by atoms with van der Waals surface area (Å²) in [4.78, 5) is 15.3. The van der Waals surface area contributed by atoms with Gasteiger partial charge in [-0.2, -0.15) is 5.26 Å². The standard InChI is InChI=1S/C27H27Cl2N3O/c1-17-12-18(16-30)13-24-21(17)14-19(31(24)2)15-22-23(28)5-4-20(25(22)29)26(33)32-10-8-27(9-11-32)6-3-7-27/h4-5,12-14H,3,6-11,15H2,1-2H3. The number of aromatic nitrogens is 1. The summed E-state index contributed by atoms with van der Waals surface area (Å²) in [6.07, 6.45) is 6.64. The Morgan fingerprint density at radius 2 is 1.85 bits per heavy atom. The van der Waals surface area contributed by atoms with Crippen LogP contribution in [-0.2, 0) is 13.5 Å². The van der Waals surface area contributed by atoms with E-state index < -0.39 is 0 Å². The molecular weight excluding hydrogens is 453 g/mol. The lowest BCUT2D eigenvalue weighted by Crippen LogP contribution is -2.45. The SMILES string of the molecule is Cc1cc(C#N)cc2c1cc(Cc1c(Cl)ccc(C(=O)N3CCC4(CCC4)CC3)c1Cl)n2C. The summed E-state index contributed by atoms with van der Waals surface area (Å²) in [6.45, 7) is 3.62. The molecule has 1 saturated heterocycles. The van der Waals surface area contributed by atoms with Crippen molar-refractivity contribution >= 4 is 40.0 Å². The molecule has 4 nitrogen and oxygen atoms in total. The number of halogens is 2. The minimum absolute atomic E-state index is 0.00126. The van der Waals surface area contributed by atoms with Gasteiger partial charge >= 0.3 is 0 Å². The fraction of sp³-hybridized carbons (Fsp3) is 0.407. The van der Waals surface area contributed by atoms with E-state index in [1.807, 2.05) is 31.0 Å². The van der Waals surface area contributed by atoms with Gasteiger partial charge in [0.1, 0.15) is 0 Å². The van der Waals surface area contributed by atoms with Crippen LogP contribution in [0.25, 0.3) is 10.9 Å². The van der Waals surface area contributed by atoms with Gasteiger partial charge in [-0.15, -0.1) is 0 Å². The highest BCUT2D eigenvalue weighted by Gasteiger charge is 2.40. The molecule has 0 N–H and O–H groups in total. The Labute approximate surface area is 204 Å². The number of hydrogen-bond acceptors (Lipinski definition) is 2. The maximum atomic E-state index is 13.3. The molecule has 1 aliphatic carbocycles. The molecule has 1 amide bonds. The minimum atomic E-state index is -0.00126. The van der Waals surface area contributed by atoms with Crippen LogP contribution in [0.3, 0.4) is 0 Å². The molecule has 0 atom stereocenters. The predicted octanol–water partition coefficient (Wildman–Crippen LogP) is 6.66. The monoisotopic (exact) mass is 479 g/mol. The Hall–Kier alpha value is -2.48. The van der Waals surface area contributed by atoms with Crippen molar-refractivity contribution in [2.24, 2.45) is 12.5 Å². The van der Waals surface area contributed by atoms with Gasteiger partial charge in [-0.3, -0.25) is 4.79 Å². The maximum Gasteiger partial charge on any atom is 0.255 e. The van der Waals surface area contributed by atoms with E-state index >= 15 is 0 Å². The molecule has 2 heterocycles. The van der Waals surface area contributed by atoms with E-state index in [9.17, 15) is 10.1 Å². The summed E-state index contributed by atoms with van der Waals surface area (Å²) in [5.74, 6) is -0.00126. The average Bonchev–Trinajstić information content (AvgIpc) is 3.11. The van der Waals surface area contributed by atoms with Crippen molar-refractivity contribution in [3.05, 3.63) is 68.3 Å². The van der Waals surface area contributed by atoms with Crippen molar-refractivity contribution in [2.45, 2.75) is 45.4 Å². The summed E-state index contributed by atoms with van der Waals surface area (Å²) in [7, 11) is 1.99. The van der Waals surface area contributed by atoms with Gasteiger partial charge in [0.15, 0.2) is 0 Å². The van der Waals surface area contributed by atoms with Crippen LogP contribution >= 0.6 is 23.2 Å². The summed E-state index contributed by atoms with van der Waals surface area (Å²) in [5.41, 5.74) is 5.51. The molecule has 1 spiro atoms.